The molecule has 0 aliphatic carbocycles. The van der Waals surface area contributed by atoms with Crippen molar-refractivity contribution in [3.05, 3.63) is 35.9 Å². The molecular formula is C24H52F4N2O5. The second-order valence-corrected chi connectivity index (χ2v) is 5.63. The first-order valence-corrected chi connectivity index (χ1v) is 8.83. The minimum Gasteiger partial charge on any atom is -0.461 e. The molecule has 0 saturated carbocycles. The number of benzene rings is 1. The molecule has 1 amide bonds. The number of aliphatic hydroxyl groups is 1. The summed E-state index contributed by atoms with van der Waals surface area (Å²) in [7, 11) is 0. The van der Waals surface area contributed by atoms with Gasteiger partial charge in [-0.3, -0.25) is 9.59 Å². The Morgan fingerprint density at radius 3 is 1.94 bits per heavy atom. The van der Waals surface area contributed by atoms with Gasteiger partial charge in [-0.05, 0) is 24.8 Å². The van der Waals surface area contributed by atoms with Crippen molar-refractivity contribution in [1.29, 1.82) is 0 Å². The molecule has 1 aromatic rings. The van der Waals surface area contributed by atoms with E-state index in [1.165, 1.54) is 0 Å². The van der Waals surface area contributed by atoms with Crippen molar-refractivity contribution in [3.63, 3.8) is 0 Å². The molecule has 11 heteroatoms. The average molecular weight is 525 g/mol. The Morgan fingerprint density at radius 2 is 1.43 bits per heavy atom. The van der Waals surface area contributed by atoms with Crippen LogP contribution in [-0.2, 0) is 25.7 Å². The number of carbonyl (C=O) groups excluding carboxylic acids is 2. The van der Waals surface area contributed by atoms with Gasteiger partial charge < -0.3 is 25.6 Å². The Hall–Kier alpha value is -2.24. The number of esters is 1. The molecule has 0 aliphatic heterocycles. The highest BCUT2D eigenvalue weighted by Crippen LogP contribution is 2.04. The summed E-state index contributed by atoms with van der Waals surface area (Å²) in [5, 5.41) is 11.3. The molecule has 0 spiro atoms. The number of halogens is 4. The zero-order chi connectivity index (χ0) is 22.3. The third-order valence-electron chi connectivity index (χ3n) is 3.45. The van der Waals surface area contributed by atoms with E-state index in [2.05, 4.69) is 5.32 Å². The Bertz CT molecular complexity index is 516. The van der Waals surface area contributed by atoms with E-state index in [-0.39, 0.29) is 82.5 Å². The SMILES string of the molecule is C.C.C.C.C.C.FF.FF.NC(CCC(=O)OCc1ccccc1)C(=O)NCCCOCCCO. The monoisotopic (exact) mass is 524 g/mol. The van der Waals surface area contributed by atoms with Gasteiger partial charge in [0.25, 0.3) is 0 Å². The number of ether oxygens (including phenoxy) is 2. The van der Waals surface area contributed by atoms with Gasteiger partial charge in [0.15, 0.2) is 0 Å². The summed E-state index contributed by atoms with van der Waals surface area (Å²) < 4.78 is 42.4. The molecule has 1 atom stereocenters. The molecule has 1 unspecified atom stereocenters. The summed E-state index contributed by atoms with van der Waals surface area (Å²) in [6, 6.07) is 8.66. The van der Waals surface area contributed by atoms with E-state index >= 15 is 0 Å². The second-order valence-electron chi connectivity index (χ2n) is 5.63. The van der Waals surface area contributed by atoms with Crippen LogP contribution in [-0.4, -0.2) is 49.4 Å². The van der Waals surface area contributed by atoms with Crippen LogP contribution in [0.15, 0.2) is 30.3 Å². The zero-order valence-electron chi connectivity index (χ0n) is 16.0. The van der Waals surface area contributed by atoms with E-state index in [1.54, 1.807) is 0 Å². The molecule has 4 N–H and O–H groups in total. The highest BCUT2D eigenvalue weighted by Gasteiger charge is 2.15. The molecule has 0 heterocycles. The maximum Gasteiger partial charge on any atom is 0.306 e. The smallest absolute Gasteiger partial charge is 0.306 e. The van der Waals surface area contributed by atoms with Crippen molar-refractivity contribution in [3.8, 4) is 0 Å². The molecule has 0 radical (unpaired) electrons. The molecule has 0 fully saturated rings. The average Bonchev–Trinajstić information content (AvgIpc) is 2.78. The summed E-state index contributed by atoms with van der Waals surface area (Å²) in [6.45, 7) is 1.82. The van der Waals surface area contributed by atoms with Crippen LogP contribution < -0.4 is 11.1 Å². The number of rotatable bonds is 13. The molecule has 0 aliphatic rings. The van der Waals surface area contributed by atoms with E-state index < -0.39 is 6.04 Å². The molecule has 7 nitrogen and oxygen atoms in total. The Labute approximate surface area is 211 Å². The van der Waals surface area contributed by atoms with Gasteiger partial charge in [-0.2, -0.15) is 0 Å². The highest BCUT2D eigenvalue weighted by atomic mass is 20.0. The molecule has 216 valence electrons. The number of nitrogens with two attached hydrogens (primary N) is 1. The van der Waals surface area contributed by atoms with Crippen molar-refractivity contribution in [1.82, 2.24) is 5.32 Å². The first-order chi connectivity index (χ1) is 14.1. The van der Waals surface area contributed by atoms with Crippen molar-refractivity contribution < 1.29 is 42.5 Å². The Balaban J connectivity index is -0.000000115. The maximum atomic E-state index is 11.8. The minimum absolute atomic E-state index is 0. The first kappa shape index (κ1) is 53.9. The van der Waals surface area contributed by atoms with Crippen LogP contribution >= 0.6 is 0 Å². The van der Waals surface area contributed by atoms with E-state index in [0.29, 0.717) is 32.6 Å². The van der Waals surface area contributed by atoms with E-state index in [1.807, 2.05) is 30.3 Å². The van der Waals surface area contributed by atoms with Crippen molar-refractivity contribution >= 4 is 11.9 Å². The molecule has 0 aromatic heterocycles. The molecule has 1 aromatic carbocycles. The Morgan fingerprint density at radius 1 is 0.914 bits per heavy atom. The van der Waals surface area contributed by atoms with Crippen LogP contribution in [0, 0.1) is 0 Å². The fourth-order valence-corrected chi connectivity index (χ4v) is 2.00. The standard InChI is InChI=1S/C18H28N2O5.6CH4.2F2/c19-16(18(23)20-10-4-12-24-13-5-11-21)8-9-17(22)25-14-15-6-2-1-3-7-15;;;;;;;2*1-2/h1-3,6-7,16,21H,4-5,8-14,19H2,(H,20,23);6*1H4;;. The molecule has 0 bridgehead atoms. The lowest BCUT2D eigenvalue weighted by molar-refractivity contribution is -0.145. The fraction of sp³-hybridized carbons (Fsp3) is 0.667. The van der Waals surface area contributed by atoms with Crippen molar-refractivity contribution in [2.75, 3.05) is 26.4 Å². The van der Waals surface area contributed by atoms with E-state index in [0.717, 1.165) is 5.56 Å². The second kappa shape index (κ2) is 42.0. The summed E-state index contributed by atoms with van der Waals surface area (Å²) in [5.74, 6) is -0.657. The lowest BCUT2D eigenvalue weighted by Gasteiger charge is -2.12. The van der Waals surface area contributed by atoms with Gasteiger partial charge in [0.2, 0.25) is 5.91 Å². The lowest BCUT2D eigenvalue weighted by Crippen LogP contribution is -2.41. The van der Waals surface area contributed by atoms with Gasteiger partial charge in [0.05, 0.1) is 6.04 Å². The number of aliphatic hydroxyl groups excluding tert-OH is 1. The predicted octanol–water partition coefficient (Wildman–Crippen LogP) is 6.24. The molecular weight excluding hydrogens is 472 g/mol. The Kier molecular flexibility index (Phi) is 64.6. The van der Waals surface area contributed by atoms with E-state index in [9.17, 15) is 9.59 Å². The van der Waals surface area contributed by atoms with Crippen LogP contribution in [0.1, 0.15) is 75.8 Å². The van der Waals surface area contributed by atoms with Gasteiger partial charge in [-0.1, -0.05) is 74.9 Å². The normalized spacial score (nSPS) is 8.74. The third-order valence-corrected chi connectivity index (χ3v) is 3.45. The number of hydrogen-bond donors (Lipinski definition) is 3. The maximum absolute atomic E-state index is 11.8. The largest absolute Gasteiger partial charge is 0.461 e. The summed E-state index contributed by atoms with van der Waals surface area (Å²) in [4.78, 5) is 23.5. The number of carbonyl (C=O) groups is 2. The van der Waals surface area contributed by atoms with Gasteiger partial charge >= 0.3 is 5.97 Å². The van der Waals surface area contributed by atoms with Gasteiger partial charge in [-0.15, -0.1) is 0 Å². The van der Waals surface area contributed by atoms with Crippen molar-refractivity contribution in [2.45, 2.75) is 82.9 Å². The van der Waals surface area contributed by atoms with Crippen LogP contribution in [0.3, 0.4) is 0 Å². The molecule has 0 saturated heterocycles. The zero-order valence-corrected chi connectivity index (χ0v) is 16.0. The first-order valence-electron chi connectivity index (χ1n) is 8.83. The number of amides is 1. The summed E-state index contributed by atoms with van der Waals surface area (Å²) in [6.07, 6.45) is 1.62. The predicted molar refractivity (Wildman–Crippen MR) is 138 cm³/mol. The quantitative estimate of drug-likeness (QED) is 0.160. The van der Waals surface area contributed by atoms with Gasteiger partial charge in [0.1, 0.15) is 6.61 Å². The van der Waals surface area contributed by atoms with E-state index in [4.69, 9.17) is 38.6 Å². The molecule has 35 heavy (non-hydrogen) atoms. The van der Waals surface area contributed by atoms with Crippen LogP contribution in [0.25, 0.3) is 0 Å². The third kappa shape index (κ3) is 34.0. The highest BCUT2D eigenvalue weighted by molar-refractivity contribution is 5.82. The number of hydrogen-bond acceptors (Lipinski definition) is 6. The fourth-order valence-electron chi connectivity index (χ4n) is 2.00. The summed E-state index contributed by atoms with van der Waals surface area (Å²) in [5.41, 5.74) is 6.69. The van der Waals surface area contributed by atoms with Crippen LogP contribution in [0.4, 0.5) is 18.3 Å². The van der Waals surface area contributed by atoms with Crippen LogP contribution in [0.5, 0.6) is 0 Å². The number of nitrogens with one attached hydrogen (secondary N) is 1. The van der Waals surface area contributed by atoms with Gasteiger partial charge in [0, 0.05) is 51.1 Å². The summed E-state index contributed by atoms with van der Waals surface area (Å²) >= 11 is 0. The van der Waals surface area contributed by atoms with Gasteiger partial charge in [-0.25, -0.2) is 0 Å². The minimum atomic E-state index is -0.736. The molecule has 1 rings (SSSR count). The van der Waals surface area contributed by atoms with Crippen LogP contribution in [0.2, 0.25) is 0 Å². The van der Waals surface area contributed by atoms with Crippen molar-refractivity contribution in [2.24, 2.45) is 5.73 Å². The lowest BCUT2D eigenvalue weighted by atomic mass is 10.1. The topological polar surface area (TPSA) is 111 Å².